The van der Waals surface area contributed by atoms with E-state index in [1.54, 1.807) is 22.2 Å². The monoisotopic (exact) mass is 826 g/mol. The predicted octanol–water partition coefficient (Wildman–Crippen LogP) is 11.4. The fourth-order valence-electron chi connectivity index (χ4n) is 8.04. The van der Waals surface area contributed by atoms with E-state index >= 15 is 0 Å². The van der Waals surface area contributed by atoms with E-state index in [-0.39, 0.29) is 19.1 Å². The molecule has 6 aromatic carbocycles. The molecule has 11 nitrogen and oxygen atoms in total. The maximum absolute atomic E-state index is 12.9. The number of hydrogen-bond acceptors (Lipinski definition) is 8. The minimum atomic E-state index is -0.915. The number of carbonyl (C=O) groups excluding carboxylic acids is 1. The maximum atomic E-state index is 12.9. The summed E-state index contributed by atoms with van der Waals surface area (Å²) in [6, 6.07) is 43.1. The Kier molecular flexibility index (Phi) is 11.2. The van der Waals surface area contributed by atoms with Crippen LogP contribution in [0.15, 0.2) is 151 Å². The van der Waals surface area contributed by atoms with Crippen LogP contribution in [-0.4, -0.2) is 40.3 Å². The average Bonchev–Trinajstić information content (AvgIpc) is 4.23. The number of benzene rings is 6. The molecule has 0 spiro atoms. The predicted molar refractivity (Wildman–Crippen MR) is 250 cm³/mol. The van der Waals surface area contributed by atoms with Gasteiger partial charge in [0.1, 0.15) is 5.82 Å². The fourth-order valence-corrected chi connectivity index (χ4v) is 8.04. The topological polar surface area (TPSA) is 121 Å². The van der Waals surface area contributed by atoms with Crippen molar-refractivity contribution < 1.29 is 19.4 Å². The van der Waals surface area contributed by atoms with Gasteiger partial charge in [-0.3, -0.25) is 14.0 Å². The first kappa shape index (κ1) is 41.2. The number of methoxy groups -OCH3 is 1. The Morgan fingerprint density at radius 3 is 1.79 bits per heavy atom. The van der Waals surface area contributed by atoms with Gasteiger partial charge in [0.25, 0.3) is 0 Å². The van der Waals surface area contributed by atoms with Gasteiger partial charge in [-0.05, 0) is 134 Å². The van der Waals surface area contributed by atoms with Crippen LogP contribution in [0.5, 0.6) is 0 Å². The van der Waals surface area contributed by atoms with E-state index in [0.29, 0.717) is 34.3 Å². The van der Waals surface area contributed by atoms with Gasteiger partial charge in [-0.2, -0.15) is 0 Å². The standard InChI is InChI=1S/C25H23N3O3.C25H23N3O2.CH4/c1-27-23-15-18(11-13-22(23)28(25(27)30)19-6-4-3-5-7-19)26-21-12-10-17(16-8-9-16)14-20(21)24(29)31-2;1-16-27(2)24-15-19(11-13-23(24)28(16)20-6-4-3-5-7-20)26-22-12-10-18(17-8-9-17)14-21(22)25(29)30;/h3-7,10-16,26H,8-9H2,1-2H3;3-7,10-15,17,26H,1,8-9H2,2H3,(H,29,30);1H4. The number of para-hydroxylation sites is 2. The minimum absolute atomic E-state index is 0. The van der Waals surface area contributed by atoms with Gasteiger partial charge in [-0.25, -0.2) is 14.4 Å². The summed E-state index contributed by atoms with van der Waals surface area (Å²) in [6.07, 6.45) is 4.61. The Morgan fingerprint density at radius 1 is 0.661 bits per heavy atom. The largest absolute Gasteiger partial charge is 0.478 e. The van der Waals surface area contributed by atoms with Crippen LogP contribution in [0.4, 0.5) is 39.8 Å². The second-order valence-corrected chi connectivity index (χ2v) is 15.8. The van der Waals surface area contributed by atoms with E-state index in [0.717, 1.165) is 82.2 Å². The zero-order valence-corrected chi connectivity index (χ0v) is 34.3. The number of nitrogens with one attached hydrogen (secondary N) is 2. The first-order chi connectivity index (χ1) is 29.6. The van der Waals surface area contributed by atoms with E-state index in [9.17, 15) is 19.5 Å². The number of carboxylic acid groups (broad SMARTS) is 1. The Balaban J connectivity index is 0.000000168. The molecule has 1 aliphatic heterocycles. The number of carboxylic acids is 1. The number of aryl methyl sites for hydroxylation is 1. The summed E-state index contributed by atoms with van der Waals surface area (Å²) in [5.41, 5.74) is 11.5. The molecule has 0 unspecified atom stereocenters. The third-order valence-electron chi connectivity index (χ3n) is 11.7. The normalized spacial score (nSPS) is 14.1. The molecule has 0 bridgehead atoms. The van der Waals surface area contributed by atoms with Gasteiger partial charge in [-0.1, -0.05) is 62.5 Å². The number of rotatable bonds is 10. The molecule has 3 aliphatic rings. The molecule has 0 atom stereocenters. The molecule has 0 saturated heterocycles. The molecule has 62 heavy (non-hydrogen) atoms. The van der Waals surface area contributed by atoms with Gasteiger partial charge < -0.3 is 25.4 Å². The van der Waals surface area contributed by atoms with E-state index in [4.69, 9.17) is 4.74 Å². The summed E-state index contributed by atoms with van der Waals surface area (Å²) in [5.74, 6) is 0.644. The van der Waals surface area contributed by atoms with Gasteiger partial charge in [0.05, 0.1) is 57.7 Å². The Morgan fingerprint density at radius 2 is 1.21 bits per heavy atom. The van der Waals surface area contributed by atoms with Crippen molar-refractivity contribution in [2.75, 3.05) is 34.6 Å². The van der Waals surface area contributed by atoms with Gasteiger partial charge in [0.15, 0.2) is 0 Å². The molecule has 0 amide bonds. The molecule has 2 heterocycles. The lowest BCUT2D eigenvalue weighted by Crippen LogP contribution is -2.20. The van der Waals surface area contributed by atoms with E-state index in [1.807, 2.05) is 121 Å². The van der Waals surface area contributed by atoms with Crippen LogP contribution in [0, 0.1) is 0 Å². The highest BCUT2D eigenvalue weighted by Gasteiger charge is 2.30. The molecule has 10 rings (SSSR count). The number of carbonyl (C=O) groups is 2. The van der Waals surface area contributed by atoms with E-state index < -0.39 is 5.97 Å². The summed E-state index contributed by atoms with van der Waals surface area (Å²) in [7, 11) is 5.14. The van der Waals surface area contributed by atoms with Crippen LogP contribution in [0.3, 0.4) is 0 Å². The molecule has 1 aromatic heterocycles. The number of nitrogens with zero attached hydrogens (tertiary/aromatic N) is 4. The molecule has 3 N–H and O–H groups in total. The molecule has 7 aromatic rings. The number of imidazole rings is 1. The summed E-state index contributed by atoms with van der Waals surface area (Å²) in [4.78, 5) is 41.3. The molecule has 0 radical (unpaired) electrons. The quantitative estimate of drug-likeness (QED) is 0.116. The van der Waals surface area contributed by atoms with Gasteiger partial charge in [0, 0.05) is 31.2 Å². The number of aromatic nitrogens is 2. The van der Waals surface area contributed by atoms with Crippen LogP contribution in [0.25, 0.3) is 16.7 Å². The third-order valence-corrected chi connectivity index (χ3v) is 11.7. The first-order valence-electron chi connectivity index (χ1n) is 20.4. The number of hydrogen-bond donors (Lipinski definition) is 3. The van der Waals surface area contributed by atoms with Crippen molar-refractivity contribution in [2.45, 2.75) is 44.9 Å². The maximum Gasteiger partial charge on any atom is 0.339 e. The summed E-state index contributed by atoms with van der Waals surface area (Å²) in [5, 5.41) is 16.3. The van der Waals surface area contributed by atoms with Crippen molar-refractivity contribution in [1.29, 1.82) is 0 Å². The fraction of sp³-hybridized carbons (Fsp3) is 0.196. The van der Waals surface area contributed by atoms with Crippen molar-refractivity contribution in [3.05, 3.63) is 179 Å². The lowest BCUT2D eigenvalue weighted by molar-refractivity contribution is 0.0600. The van der Waals surface area contributed by atoms with Crippen molar-refractivity contribution in [3.8, 4) is 5.69 Å². The van der Waals surface area contributed by atoms with Crippen LogP contribution < -0.4 is 26.1 Å². The molecule has 2 aliphatic carbocycles. The summed E-state index contributed by atoms with van der Waals surface area (Å²) in [6.45, 7) is 4.24. The van der Waals surface area contributed by atoms with Gasteiger partial charge >= 0.3 is 17.6 Å². The van der Waals surface area contributed by atoms with Crippen LogP contribution >= 0.6 is 0 Å². The number of anilines is 7. The lowest BCUT2D eigenvalue weighted by Gasteiger charge is -2.21. The molecule has 2 fully saturated rings. The van der Waals surface area contributed by atoms with E-state index in [1.165, 1.54) is 12.7 Å². The molecular weight excluding hydrogens is 777 g/mol. The Hall–Kier alpha value is -7.53. The van der Waals surface area contributed by atoms with Crippen molar-refractivity contribution >= 4 is 62.8 Å². The van der Waals surface area contributed by atoms with E-state index in [2.05, 4.69) is 40.3 Å². The molecule has 11 heteroatoms. The summed E-state index contributed by atoms with van der Waals surface area (Å²) >= 11 is 0. The van der Waals surface area contributed by atoms with Gasteiger partial charge in [-0.15, -0.1) is 0 Å². The minimum Gasteiger partial charge on any atom is -0.478 e. The second-order valence-electron chi connectivity index (χ2n) is 15.8. The number of ether oxygens (including phenoxy) is 1. The highest BCUT2D eigenvalue weighted by Crippen LogP contribution is 2.47. The SMILES string of the molecule is C.C=C1N(C)c2cc(Nc3ccc(C4CC4)cc3C(=O)O)ccc2N1c1ccccc1.COC(=O)c1cc(C2CC2)ccc1Nc1ccc2c(c1)n(C)c(=O)n2-c1ccccc1. The smallest absolute Gasteiger partial charge is 0.339 e. The zero-order chi connectivity index (χ0) is 42.4. The van der Waals surface area contributed by atoms with Gasteiger partial charge in [0.2, 0.25) is 0 Å². The van der Waals surface area contributed by atoms with Crippen LogP contribution in [0.2, 0.25) is 0 Å². The molecule has 2 saturated carbocycles. The first-order valence-corrected chi connectivity index (χ1v) is 20.4. The average molecular weight is 827 g/mol. The number of aromatic carboxylic acids is 1. The highest BCUT2D eigenvalue weighted by molar-refractivity contribution is 5.98. The van der Waals surface area contributed by atoms with Crippen molar-refractivity contribution in [3.63, 3.8) is 0 Å². The number of fused-ring (bicyclic) bond motifs is 2. The van der Waals surface area contributed by atoms with Crippen molar-refractivity contribution in [1.82, 2.24) is 9.13 Å². The number of esters is 1. The third kappa shape index (κ3) is 7.92. The lowest BCUT2D eigenvalue weighted by atomic mass is 10.0. The second kappa shape index (κ2) is 16.8. The van der Waals surface area contributed by atoms with Crippen molar-refractivity contribution in [2.24, 2.45) is 7.05 Å². The van der Waals surface area contributed by atoms with Crippen LogP contribution in [-0.2, 0) is 11.8 Å². The highest BCUT2D eigenvalue weighted by atomic mass is 16.5. The molecular formula is C51H50N6O5. The molecule has 314 valence electrons. The zero-order valence-electron chi connectivity index (χ0n) is 34.3. The Labute approximate surface area is 361 Å². The Bertz CT molecular complexity index is 2890. The van der Waals surface area contributed by atoms with Crippen LogP contribution in [0.1, 0.15) is 76.8 Å². The summed E-state index contributed by atoms with van der Waals surface area (Å²) < 4.78 is 8.33.